The summed E-state index contributed by atoms with van der Waals surface area (Å²) in [6.07, 6.45) is 2.77. The van der Waals surface area contributed by atoms with E-state index < -0.39 is 0 Å². The van der Waals surface area contributed by atoms with Gasteiger partial charge in [-0.25, -0.2) is 0 Å². The van der Waals surface area contributed by atoms with Crippen LogP contribution in [0.1, 0.15) is 52.1 Å². The number of guanidine groups is 1. The highest BCUT2D eigenvalue weighted by atomic mass is 16.5. The van der Waals surface area contributed by atoms with Crippen molar-refractivity contribution in [1.29, 1.82) is 0 Å². The van der Waals surface area contributed by atoms with Crippen molar-refractivity contribution in [3.8, 4) is 0 Å². The highest BCUT2D eigenvalue weighted by Gasteiger charge is 2.21. The number of nitrogens with zero attached hydrogens (tertiary/aromatic N) is 3. The highest BCUT2D eigenvalue weighted by Crippen LogP contribution is 2.24. The summed E-state index contributed by atoms with van der Waals surface area (Å²) in [6.45, 7) is 16.7. The minimum absolute atomic E-state index is 0.168. The van der Waals surface area contributed by atoms with Crippen LogP contribution in [-0.2, 0) is 4.74 Å². The molecular formula is C24H41N5O. The van der Waals surface area contributed by atoms with Crippen LogP contribution in [-0.4, -0.2) is 69.4 Å². The van der Waals surface area contributed by atoms with Crippen LogP contribution in [0.25, 0.3) is 0 Å². The zero-order chi connectivity index (χ0) is 21.3. The normalized spacial score (nSPS) is 21.8. The van der Waals surface area contributed by atoms with Crippen molar-refractivity contribution in [2.75, 3.05) is 57.3 Å². The maximum Gasteiger partial charge on any atom is 0.191 e. The second-order valence-corrected chi connectivity index (χ2v) is 9.02. The van der Waals surface area contributed by atoms with Gasteiger partial charge in [0, 0.05) is 45.0 Å². The molecule has 2 fully saturated rings. The smallest absolute Gasteiger partial charge is 0.191 e. The van der Waals surface area contributed by atoms with Gasteiger partial charge in [-0.05, 0) is 50.3 Å². The molecule has 0 aliphatic carbocycles. The fraction of sp³-hybridized carbons (Fsp3) is 0.708. The predicted octanol–water partition coefficient (Wildman–Crippen LogP) is 3.26. The van der Waals surface area contributed by atoms with Gasteiger partial charge >= 0.3 is 0 Å². The van der Waals surface area contributed by atoms with Gasteiger partial charge in [0.25, 0.3) is 0 Å². The van der Waals surface area contributed by atoms with Crippen LogP contribution in [0.15, 0.2) is 29.3 Å². The lowest BCUT2D eigenvalue weighted by atomic mass is 10.1. The Bertz CT molecular complexity index is 671. The number of nitrogens with one attached hydrogen (secondary N) is 2. The molecule has 1 aromatic carbocycles. The number of hydrogen-bond donors (Lipinski definition) is 2. The Morgan fingerprint density at radius 3 is 2.73 bits per heavy atom. The lowest BCUT2D eigenvalue weighted by Crippen LogP contribution is -2.46. The number of hydrogen-bond acceptors (Lipinski definition) is 4. The first-order chi connectivity index (χ1) is 14.5. The molecule has 0 amide bonds. The number of morpholine rings is 1. The third-order valence-electron chi connectivity index (χ3n) is 5.84. The SMILES string of the molecule is CCNC(=NCC1CN(CC(C)C)CCO1)NC(C)c1cccc(N2CCCC2)c1. The summed E-state index contributed by atoms with van der Waals surface area (Å²) in [5.41, 5.74) is 2.63. The Morgan fingerprint density at radius 1 is 1.20 bits per heavy atom. The van der Waals surface area contributed by atoms with Crippen LogP contribution in [0.5, 0.6) is 0 Å². The molecule has 2 atom stereocenters. The summed E-state index contributed by atoms with van der Waals surface area (Å²) in [5.74, 6) is 1.55. The summed E-state index contributed by atoms with van der Waals surface area (Å²) in [6, 6.07) is 9.11. The van der Waals surface area contributed by atoms with Crippen molar-refractivity contribution in [2.24, 2.45) is 10.9 Å². The number of aliphatic imine (C=N–C) groups is 1. The zero-order valence-electron chi connectivity index (χ0n) is 19.4. The molecule has 3 rings (SSSR count). The van der Waals surface area contributed by atoms with Crippen LogP contribution in [0.4, 0.5) is 5.69 Å². The maximum atomic E-state index is 5.97. The summed E-state index contributed by atoms with van der Waals surface area (Å²) in [5, 5.41) is 6.98. The molecule has 0 saturated carbocycles. The fourth-order valence-electron chi connectivity index (χ4n) is 4.34. The van der Waals surface area contributed by atoms with Crippen molar-refractivity contribution < 1.29 is 4.74 Å². The van der Waals surface area contributed by atoms with Gasteiger partial charge in [-0.3, -0.25) is 9.89 Å². The number of ether oxygens (including phenoxy) is 1. The Hall–Kier alpha value is -1.79. The number of rotatable bonds is 8. The average molecular weight is 416 g/mol. The molecule has 2 saturated heterocycles. The van der Waals surface area contributed by atoms with Crippen molar-refractivity contribution in [3.05, 3.63) is 29.8 Å². The van der Waals surface area contributed by atoms with Gasteiger partial charge in [-0.15, -0.1) is 0 Å². The third-order valence-corrected chi connectivity index (χ3v) is 5.84. The maximum absolute atomic E-state index is 5.97. The Balaban J connectivity index is 1.58. The van der Waals surface area contributed by atoms with E-state index in [0.29, 0.717) is 12.5 Å². The molecule has 0 spiro atoms. The highest BCUT2D eigenvalue weighted by molar-refractivity contribution is 5.80. The van der Waals surface area contributed by atoms with E-state index in [1.54, 1.807) is 0 Å². The van der Waals surface area contributed by atoms with Crippen LogP contribution >= 0.6 is 0 Å². The largest absolute Gasteiger partial charge is 0.374 e. The summed E-state index contributed by atoms with van der Waals surface area (Å²) in [7, 11) is 0. The topological polar surface area (TPSA) is 52.1 Å². The first-order valence-electron chi connectivity index (χ1n) is 11.8. The van der Waals surface area contributed by atoms with Gasteiger partial charge in [0.15, 0.2) is 5.96 Å². The molecule has 0 radical (unpaired) electrons. The average Bonchev–Trinajstić information content (AvgIpc) is 3.27. The van der Waals surface area contributed by atoms with Gasteiger partial charge in [-0.2, -0.15) is 0 Å². The Kier molecular flexibility index (Phi) is 8.82. The molecule has 2 N–H and O–H groups in total. The second-order valence-electron chi connectivity index (χ2n) is 9.02. The van der Waals surface area contributed by atoms with Gasteiger partial charge in [-0.1, -0.05) is 26.0 Å². The summed E-state index contributed by atoms with van der Waals surface area (Å²) < 4.78 is 5.97. The molecule has 0 bridgehead atoms. The van der Waals surface area contributed by atoms with E-state index in [1.807, 2.05) is 0 Å². The minimum Gasteiger partial charge on any atom is -0.374 e. The fourth-order valence-corrected chi connectivity index (χ4v) is 4.34. The second kappa shape index (κ2) is 11.6. The molecule has 2 aliphatic heterocycles. The summed E-state index contributed by atoms with van der Waals surface area (Å²) in [4.78, 5) is 9.83. The van der Waals surface area contributed by atoms with Crippen molar-refractivity contribution in [3.63, 3.8) is 0 Å². The van der Waals surface area contributed by atoms with E-state index in [4.69, 9.17) is 9.73 Å². The van der Waals surface area contributed by atoms with Crippen LogP contribution in [0.2, 0.25) is 0 Å². The molecule has 0 aromatic heterocycles. The van der Waals surface area contributed by atoms with Crippen LogP contribution in [0, 0.1) is 5.92 Å². The first kappa shape index (κ1) is 22.9. The molecular weight excluding hydrogens is 374 g/mol. The number of anilines is 1. The van der Waals surface area contributed by atoms with E-state index >= 15 is 0 Å². The minimum atomic E-state index is 0.168. The van der Waals surface area contributed by atoms with Crippen molar-refractivity contribution in [2.45, 2.75) is 52.7 Å². The monoisotopic (exact) mass is 415 g/mol. The van der Waals surface area contributed by atoms with Gasteiger partial charge in [0.2, 0.25) is 0 Å². The molecule has 2 aliphatic rings. The zero-order valence-corrected chi connectivity index (χ0v) is 19.4. The third kappa shape index (κ3) is 6.88. The first-order valence-corrected chi connectivity index (χ1v) is 11.8. The Labute approximate surface area is 183 Å². The molecule has 6 heteroatoms. The molecule has 2 unspecified atom stereocenters. The summed E-state index contributed by atoms with van der Waals surface area (Å²) >= 11 is 0. The van der Waals surface area contributed by atoms with E-state index in [0.717, 1.165) is 38.7 Å². The van der Waals surface area contributed by atoms with Gasteiger partial charge in [0.05, 0.1) is 25.3 Å². The molecule has 168 valence electrons. The van der Waals surface area contributed by atoms with Crippen LogP contribution < -0.4 is 15.5 Å². The van der Waals surface area contributed by atoms with Gasteiger partial charge < -0.3 is 20.3 Å². The lowest BCUT2D eigenvalue weighted by Gasteiger charge is -2.33. The predicted molar refractivity (Wildman–Crippen MR) is 126 cm³/mol. The van der Waals surface area contributed by atoms with Crippen molar-refractivity contribution in [1.82, 2.24) is 15.5 Å². The quantitative estimate of drug-likeness (QED) is 0.504. The molecule has 1 aromatic rings. The van der Waals surface area contributed by atoms with E-state index in [-0.39, 0.29) is 12.1 Å². The lowest BCUT2D eigenvalue weighted by molar-refractivity contribution is -0.0262. The van der Waals surface area contributed by atoms with Crippen molar-refractivity contribution >= 4 is 11.6 Å². The Morgan fingerprint density at radius 2 is 2.00 bits per heavy atom. The molecule has 2 heterocycles. The molecule has 30 heavy (non-hydrogen) atoms. The standard InChI is InChI=1S/C24H41N5O/c1-5-25-24(26-16-23-18-28(13-14-30-23)17-19(2)3)27-20(4)21-9-8-10-22(15-21)29-11-6-7-12-29/h8-10,15,19-20,23H,5-7,11-14,16-18H2,1-4H3,(H2,25,26,27). The van der Waals surface area contributed by atoms with Crippen LogP contribution in [0.3, 0.4) is 0 Å². The number of benzene rings is 1. The molecule has 6 nitrogen and oxygen atoms in total. The van der Waals surface area contributed by atoms with E-state index in [1.165, 1.54) is 37.2 Å². The van der Waals surface area contributed by atoms with Gasteiger partial charge in [0.1, 0.15) is 0 Å². The van der Waals surface area contributed by atoms with E-state index in [2.05, 4.69) is 72.4 Å². The van der Waals surface area contributed by atoms with E-state index in [9.17, 15) is 0 Å².